The van der Waals surface area contributed by atoms with Crippen LogP contribution in [0.3, 0.4) is 0 Å². The lowest BCUT2D eigenvalue weighted by atomic mass is 10.2. The van der Waals surface area contributed by atoms with Gasteiger partial charge in [-0.1, -0.05) is 15.9 Å². The van der Waals surface area contributed by atoms with Crippen LogP contribution in [-0.2, 0) is 6.54 Å². The smallest absolute Gasteiger partial charge is 0.275 e. The van der Waals surface area contributed by atoms with Gasteiger partial charge in [0.2, 0.25) is 0 Å². The molecule has 1 heterocycles. The Labute approximate surface area is 114 Å². The molecule has 0 fully saturated rings. The third kappa shape index (κ3) is 2.61. The number of benzene rings is 1. The first-order valence-corrected chi connectivity index (χ1v) is 6.32. The van der Waals surface area contributed by atoms with Crippen LogP contribution in [0.15, 0.2) is 35.1 Å². The summed E-state index contributed by atoms with van der Waals surface area (Å²) in [6.07, 6.45) is 4.00. The van der Waals surface area contributed by atoms with Crippen molar-refractivity contribution in [3.8, 4) is 0 Å². The van der Waals surface area contributed by atoms with Crippen molar-refractivity contribution in [2.24, 2.45) is 0 Å². The quantitative estimate of drug-likeness (QED) is 0.639. The zero-order valence-electron chi connectivity index (χ0n) is 10.2. The summed E-state index contributed by atoms with van der Waals surface area (Å²) >= 11 is 3.25. The molecule has 0 atom stereocenters. The summed E-state index contributed by atoms with van der Waals surface area (Å²) in [7, 11) is 0. The van der Waals surface area contributed by atoms with Gasteiger partial charge >= 0.3 is 0 Å². The van der Waals surface area contributed by atoms with Gasteiger partial charge in [-0.3, -0.25) is 10.1 Å². The van der Waals surface area contributed by atoms with Gasteiger partial charge in [-0.05, 0) is 37.1 Å². The number of hydrogen-bond donors (Lipinski definition) is 0. The van der Waals surface area contributed by atoms with Crippen molar-refractivity contribution in [2.75, 3.05) is 0 Å². The molecule has 1 aromatic heterocycles. The normalized spacial score (nSPS) is 10.6. The maximum Gasteiger partial charge on any atom is 0.275 e. The molecule has 18 heavy (non-hydrogen) atoms. The Morgan fingerprint density at radius 2 is 1.89 bits per heavy atom. The molecule has 2 aromatic rings. The van der Waals surface area contributed by atoms with Crippen LogP contribution in [0.1, 0.15) is 16.7 Å². The van der Waals surface area contributed by atoms with Crippen LogP contribution in [0.4, 0.5) is 5.69 Å². The van der Waals surface area contributed by atoms with Crippen LogP contribution in [0.2, 0.25) is 0 Å². The van der Waals surface area contributed by atoms with Crippen LogP contribution in [-0.4, -0.2) is 9.49 Å². The second kappa shape index (κ2) is 4.94. The molecule has 0 saturated heterocycles. The molecule has 0 bridgehead atoms. The zero-order valence-corrected chi connectivity index (χ0v) is 11.8. The van der Waals surface area contributed by atoms with E-state index in [0.717, 1.165) is 4.47 Å². The maximum absolute atomic E-state index is 11.0. The Morgan fingerprint density at radius 1 is 1.28 bits per heavy atom. The largest absolute Gasteiger partial charge is 0.349 e. The van der Waals surface area contributed by atoms with Gasteiger partial charge in [0.05, 0.1) is 11.5 Å². The Bertz CT molecular complexity index is 586. The van der Waals surface area contributed by atoms with E-state index in [4.69, 9.17) is 0 Å². The summed E-state index contributed by atoms with van der Waals surface area (Å²) in [6, 6.07) is 5.15. The number of aryl methyl sites for hydroxylation is 2. The van der Waals surface area contributed by atoms with E-state index in [1.54, 1.807) is 12.1 Å². The maximum atomic E-state index is 11.0. The van der Waals surface area contributed by atoms with E-state index in [1.165, 1.54) is 11.1 Å². The van der Waals surface area contributed by atoms with Gasteiger partial charge < -0.3 is 4.57 Å². The minimum absolute atomic E-state index is 0.147. The monoisotopic (exact) mass is 308 g/mol. The van der Waals surface area contributed by atoms with Gasteiger partial charge in [-0.25, -0.2) is 0 Å². The Balaban J connectivity index is 2.36. The van der Waals surface area contributed by atoms with Crippen LogP contribution < -0.4 is 0 Å². The predicted octanol–water partition coefficient (Wildman–Crippen LogP) is 3.82. The third-order valence-electron chi connectivity index (χ3n) is 2.94. The van der Waals surface area contributed by atoms with E-state index >= 15 is 0 Å². The summed E-state index contributed by atoms with van der Waals surface area (Å²) in [5.74, 6) is 0. The molecule has 5 heteroatoms. The lowest BCUT2D eigenvalue weighted by Gasteiger charge is -2.05. The molecule has 0 N–H and O–H groups in total. The highest BCUT2D eigenvalue weighted by Gasteiger charge is 2.14. The van der Waals surface area contributed by atoms with Gasteiger partial charge in [0.25, 0.3) is 5.69 Å². The van der Waals surface area contributed by atoms with E-state index in [-0.39, 0.29) is 10.6 Å². The van der Waals surface area contributed by atoms with Crippen LogP contribution in [0, 0.1) is 24.0 Å². The van der Waals surface area contributed by atoms with E-state index in [2.05, 4.69) is 15.9 Å². The first-order valence-electron chi connectivity index (χ1n) is 5.53. The summed E-state index contributed by atoms with van der Waals surface area (Å²) in [5, 5.41) is 11.0. The molecule has 0 unspecified atom stereocenters. The van der Waals surface area contributed by atoms with Crippen molar-refractivity contribution in [1.82, 2.24) is 4.57 Å². The molecule has 0 saturated carbocycles. The molecular formula is C13H13BrN2O2. The molecular weight excluding hydrogens is 296 g/mol. The van der Waals surface area contributed by atoms with Crippen molar-refractivity contribution in [3.05, 3.63) is 61.9 Å². The minimum Gasteiger partial charge on any atom is -0.349 e. The number of nitro groups is 1. The summed E-state index contributed by atoms with van der Waals surface area (Å²) in [6.45, 7) is 4.57. The molecule has 0 spiro atoms. The number of nitrogens with zero attached hydrogens (tertiary/aromatic N) is 2. The Kier molecular flexibility index (Phi) is 3.52. The summed E-state index contributed by atoms with van der Waals surface area (Å²) in [4.78, 5) is 10.7. The van der Waals surface area contributed by atoms with Gasteiger partial charge in [0.1, 0.15) is 0 Å². The lowest BCUT2D eigenvalue weighted by molar-refractivity contribution is -0.385. The molecule has 0 aliphatic carbocycles. The average molecular weight is 309 g/mol. The number of hydrogen-bond acceptors (Lipinski definition) is 2. The third-order valence-corrected chi connectivity index (χ3v) is 3.43. The van der Waals surface area contributed by atoms with Gasteiger partial charge in [-0.15, -0.1) is 0 Å². The molecule has 0 radical (unpaired) electrons. The van der Waals surface area contributed by atoms with Crippen molar-refractivity contribution in [1.29, 1.82) is 0 Å². The zero-order chi connectivity index (χ0) is 13.3. The van der Waals surface area contributed by atoms with Crippen molar-refractivity contribution in [2.45, 2.75) is 20.4 Å². The van der Waals surface area contributed by atoms with Crippen molar-refractivity contribution < 1.29 is 4.92 Å². The van der Waals surface area contributed by atoms with Gasteiger partial charge in [-0.2, -0.15) is 0 Å². The first-order chi connectivity index (χ1) is 8.47. The fourth-order valence-electron chi connectivity index (χ4n) is 1.87. The molecule has 0 amide bonds. The lowest BCUT2D eigenvalue weighted by Crippen LogP contribution is -2.01. The van der Waals surface area contributed by atoms with E-state index in [1.807, 2.05) is 36.9 Å². The molecule has 0 aliphatic heterocycles. The van der Waals surface area contributed by atoms with Crippen LogP contribution >= 0.6 is 15.9 Å². The number of rotatable bonds is 3. The van der Waals surface area contributed by atoms with E-state index < -0.39 is 0 Å². The second-order valence-electron chi connectivity index (χ2n) is 4.33. The van der Waals surface area contributed by atoms with Gasteiger partial charge in [0.15, 0.2) is 0 Å². The standard InChI is InChI=1S/C13H13BrN2O2/c1-9-6-15(7-10(9)2)8-11-3-4-12(14)5-13(11)16(17)18/h3-7H,8H2,1-2H3. The molecule has 4 nitrogen and oxygen atoms in total. The molecule has 0 aliphatic rings. The van der Waals surface area contributed by atoms with Crippen LogP contribution in [0.25, 0.3) is 0 Å². The fourth-order valence-corrected chi connectivity index (χ4v) is 2.22. The fraction of sp³-hybridized carbons (Fsp3) is 0.231. The molecule has 1 aromatic carbocycles. The van der Waals surface area contributed by atoms with E-state index in [0.29, 0.717) is 12.1 Å². The number of nitro benzene ring substituents is 1. The molecule has 2 rings (SSSR count). The predicted molar refractivity (Wildman–Crippen MR) is 73.8 cm³/mol. The number of aromatic nitrogens is 1. The highest BCUT2D eigenvalue weighted by atomic mass is 79.9. The Morgan fingerprint density at radius 3 is 2.44 bits per heavy atom. The minimum atomic E-state index is -0.344. The van der Waals surface area contributed by atoms with E-state index in [9.17, 15) is 10.1 Å². The SMILES string of the molecule is Cc1cn(Cc2ccc(Br)cc2[N+](=O)[O-])cc1C. The van der Waals surface area contributed by atoms with Crippen molar-refractivity contribution >= 4 is 21.6 Å². The highest BCUT2D eigenvalue weighted by Crippen LogP contribution is 2.24. The number of halogens is 1. The topological polar surface area (TPSA) is 48.1 Å². The molecule has 94 valence electrons. The average Bonchev–Trinajstić information content (AvgIpc) is 2.60. The first kappa shape index (κ1) is 12.8. The summed E-state index contributed by atoms with van der Waals surface area (Å²) in [5.41, 5.74) is 3.23. The summed E-state index contributed by atoms with van der Waals surface area (Å²) < 4.78 is 2.69. The highest BCUT2D eigenvalue weighted by molar-refractivity contribution is 9.10. The Hall–Kier alpha value is -1.62. The van der Waals surface area contributed by atoms with Crippen LogP contribution in [0.5, 0.6) is 0 Å². The van der Waals surface area contributed by atoms with Gasteiger partial charge in [0, 0.05) is 28.5 Å². The second-order valence-corrected chi connectivity index (χ2v) is 5.24. The van der Waals surface area contributed by atoms with Crippen molar-refractivity contribution in [3.63, 3.8) is 0 Å².